The SMILES string of the molecule is O=C(Cn1cccn1)NCC#CCOc1ccc2cccnc2c1. The molecule has 2 aromatic heterocycles. The zero-order valence-electron chi connectivity index (χ0n) is 13.0. The van der Waals surface area contributed by atoms with Crippen LogP contribution in [-0.2, 0) is 11.3 Å². The van der Waals surface area contributed by atoms with E-state index in [9.17, 15) is 4.79 Å². The minimum atomic E-state index is -0.130. The predicted molar refractivity (Wildman–Crippen MR) is 90.3 cm³/mol. The van der Waals surface area contributed by atoms with Crippen LogP contribution in [0.3, 0.4) is 0 Å². The van der Waals surface area contributed by atoms with Gasteiger partial charge in [0.1, 0.15) is 18.9 Å². The van der Waals surface area contributed by atoms with Gasteiger partial charge in [0.25, 0.3) is 0 Å². The molecule has 0 unspecified atom stereocenters. The van der Waals surface area contributed by atoms with Crippen molar-refractivity contribution in [2.24, 2.45) is 0 Å². The van der Waals surface area contributed by atoms with Crippen molar-refractivity contribution in [2.45, 2.75) is 6.54 Å². The highest BCUT2D eigenvalue weighted by Crippen LogP contribution is 2.18. The Balaban J connectivity index is 1.41. The third-order valence-corrected chi connectivity index (χ3v) is 3.25. The number of hydrogen-bond acceptors (Lipinski definition) is 4. The van der Waals surface area contributed by atoms with Crippen LogP contribution in [0.25, 0.3) is 10.9 Å². The van der Waals surface area contributed by atoms with Gasteiger partial charge in [-0.2, -0.15) is 5.10 Å². The summed E-state index contributed by atoms with van der Waals surface area (Å²) in [4.78, 5) is 15.9. The second-order valence-corrected chi connectivity index (χ2v) is 4.98. The van der Waals surface area contributed by atoms with Crippen LogP contribution >= 0.6 is 0 Å². The van der Waals surface area contributed by atoms with Crippen LogP contribution in [0.15, 0.2) is 55.0 Å². The molecule has 6 nitrogen and oxygen atoms in total. The van der Waals surface area contributed by atoms with Gasteiger partial charge < -0.3 is 10.1 Å². The maximum absolute atomic E-state index is 11.6. The average Bonchev–Trinajstić information content (AvgIpc) is 3.10. The van der Waals surface area contributed by atoms with Crippen LogP contribution in [0.4, 0.5) is 0 Å². The van der Waals surface area contributed by atoms with Gasteiger partial charge in [0.2, 0.25) is 5.91 Å². The van der Waals surface area contributed by atoms with Crippen molar-refractivity contribution < 1.29 is 9.53 Å². The molecule has 3 aromatic rings. The first kappa shape index (κ1) is 15.6. The van der Waals surface area contributed by atoms with Gasteiger partial charge in [-0.3, -0.25) is 14.5 Å². The molecule has 1 amide bonds. The van der Waals surface area contributed by atoms with Crippen LogP contribution in [0.5, 0.6) is 5.75 Å². The molecule has 0 aliphatic rings. The molecule has 0 radical (unpaired) electrons. The van der Waals surface area contributed by atoms with Crippen molar-refractivity contribution in [3.63, 3.8) is 0 Å². The van der Waals surface area contributed by atoms with Gasteiger partial charge in [-0.25, -0.2) is 0 Å². The van der Waals surface area contributed by atoms with E-state index in [1.807, 2.05) is 30.3 Å². The molecule has 0 aliphatic heterocycles. The fourth-order valence-corrected chi connectivity index (χ4v) is 2.11. The number of benzene rings is 1. The van der Waals surface area contributed by atoms with Crippen LogP contribution < -0.4 is 10.1 Å². The number of hydrogen-bond donors (Lipinski definition) is 1. The Morgan fingerprint density at radius 3 is 3.04 bits per heavy atom. The highest BCUT2D eigenvalue weighted by Gasteiger charge is 2.00. The molecule has 0 aliphatic carbocycles. The first-order chi connectivity index (χ1) is 11.8. The lowest BCUT2D eigenvalue weighted by Gasteiger charge is -2.03. The molecule has 6 heteroatoms. The zero-order chi connectivity index (χ0) is 16.6. The average molecular weight is 320 g/mol. The Hall–Kier alpha value is -3.33. The largest absolute Gasteiger partial charge is 0.481 e. The lowest BCUT2D eigenvalue weighted by atomic mass is 10.2. The van der Waals surface area contributed by atoms with Crippen molar-refractivity contribution in [1.29, 1.82) is 0 Å². The van der Waals surface area contributed by atoms with E-state index in [1.54, 1.807) is 29.3 Å². The van der Waals surface area contributed by atoms with Crippen molar-refractivity contribution >= 4 is 16.8 Å². The molecule has 24 heavy (non-hydrogen) atoms. The summed E-state index contributed by atoms with van der Waals surface area (Å²) in [5.74, 6) is 6.31. The van der Waals surface area contributed by atoms with Crippen molar-refractivity contribution in [3.05, 3.63) is 55.0 Å². The number of nitrogens with one attached hydrogen (secondary N) is 1. The molecule has 1 aromatic carbocycles. The Kier molecular flexibility index (Phi) is 5.05. The minimum Gasteiger partial charge on any atom is -0.481 e. The third-order valence-electron chi connectivity index (χ3n) is 3.25. The van der Waals surface area contributed by atoms with Gasteiger partial charge >= 0.3 is 0 Å². The summed E-state index contributed by atoms with van der Waals surface area (Å²) in [6, 6.07) is 11.4. The van der Waals surface area contributed by atoms with E-state index in [0.717, 1.165) is 16.7 Å². The fraction of sp³-hybridized carbons (Fsp3) is 0.167. The van der Waals surface area contributed by atoms with Gasteiger partial charge in [-0.15, -0.1) is 0 Å². The molecule has 3 rings (SSSR count). The second kappa shape index (κ2) is 7.79. The Morgan fingerprint density at radius 2 is 2.17 bits per heavy atom. The fourth-order valence-electron chi connectivity index (χ4n) is 2.11. The van der Waals surface area contributed by atoms with Crippen molar-refractivity contribution in [3.8, 4) is 17.6 Å². The smallest absolute Gasteiger partial charge is 0.242 e. The molecular weight excluding hydrogens is 304 g/mol. The molecule has 0 saturated heterocycles. The van der Waals surface area contributed by atoms with E-state index in [4.69, 9.17) is 4.74 Å². The molecule has 1 N–H and O–H groups in total. The monoisotopic (exact) mass is 320 g/mol. The third kappa shape index (κ3) is 4.34. The van der Waals surface area contributed by atoms with E-state index in [2.05, 4.69) is 27.2 Å². The Morgan fingerprint density at radius 1 is 1.21 bits per heavy atom. The van der Waals surface area contributed by atoms with Crippen LogP contribution in [0.2, 0.25) is 0 Å². The van der Waals surface area contributed by atoms with E-state index in [-0.39, 0.29) is 25.6 Å². The lowest BCUT2D eigenvalue weighted by Crippen LogP contribution is -2.28. The maximum Gasteiger partial charge on any atom is 0.242 e. The van der Waals surface area contributed by atoms with Gasteiger partial charge in [0.15, 0.2) is 0 Å². The van der Waals surface area contributed by atoms with Crippen molar-refractivity contribution in [2.75, 3.05) is 13.2 Å². The number of ether oxygens (including phenoxy) is 1. The summed E-state index contributed by atoms with van der Waals surface area (Å²) in [5.41, 5.74) is 0.883. The number of carbonyl (C=O) groups excluding carboxylic acids is 1. The lowest BCUT2D eigenvalue weighted by molar-refractivity contribution is -0.121. The standard InChI is InChI=1S/C18H16N4O2/c23-18(14-22-11-4-10-21-22)20-8-1-2-12-24-16-7-6-15-5-3-9-19-17(15)13-16/h3-7,9-11,13H,8,12,14H2,(H,20,23). The number of carbonyl (C=O) groups is 1. The van der Waals surface area contributed by atoms with Crippen molar-refractivity contribution in [1.82, 2.24) is 20.1 Å². The van der Waals surface area contributed by atoms with Gasteiger partial charge in [-0.05, 0) is 24.3 Å². The van der Waals surface area contributed by atoms with Gasteiger partial charge in [-0.1, -0.05) is 17.9 Å². The molecule has 0 atom stereocenters. The van der Waals surface area contributed by atoms with E-state index in [1.165, 1.54) is 0 Å². The summed E-state index contributed by atoms with van der Waals surface area (Å²) >= 11 is 0. The van der Waals surface area contributed by atoms with Crippen LogP contribution in [0, 0.1) is 11.8 Å². The van der Waals surface area contributed by atoms with Crippen LogP contribution in [-0.4, -0.2) is 33.8 Å². The molecular formula is C18H16N4O2. The Labute approximate surface area is 139 Å². The summed E-state index contributed by atoms with van der Waals surface area (Å²) in [7, 11) is 0. The quantitative estimate of drug-likeness (QED) is 0.726. The number of fused-ring (bicyclic) bond motifs is 1. The summed E-state index contributed by atoms with van der Waals surface area (Å²) in [6.45, 7) is 0.728. The molecule has 0 fully saturated rings. The second-order valence-electron chi connectivity index (χ2n) is 4.98. The molecule has 0 spiro atoms. The molecule has 2 heterocycles. The molecule has 0 bridgehead atoms. The number of nitrogens with zero attached hydrogens (tertiary/aromatic N) is 3. The van der Waals surface area contributed by atoms with E-state index >= 15 is 0 Å². The molecule has 0 saturated carbocycles. The van der Waals surface area contributed by atoms with Gasteiger partial charge in [0.05, 0.1) is 12.1 Å². The number of rotatable bonds is 5. The van der Waals surface area contributed by atoms with E-state index < -0.39 is 0 Å². The number of aromatic nitrogens is 3. The summed E-state index contributed by atoms with van der Waals surface area (Å²) < 4.78 is 7.12. The predicted octanol–water partition coefficient (Wildman–Crippen LogP) is 1.63. The topological polar surface area (TPSA) is 69.0 Å². The zero-order valence-corrected chi connectivity index (χ0v) is 13.0. The number of amides is 1. The van der Waals surface area contributed by atoms with E-state index in [0.29, 0.717) is 0 Å². The first-order valence-corrected chi connectivity index (χ1v) is 7.49. The minimum absolute atomic E-state index is 0.130. The first-order valence-electron chi connectivity index (χ1n) is 7.49. The highest BCUT2D eigenvalue weighted by molar-refractivity contribution is 5.79. The molecule has 120 valence electrons. The highest BCUT2D eigenvalue weighted by atomic mass is 16.5. The number of pyridine rings is 1. The normalized spacial score (nSPS) is 10.0. The van der Waals surface area contributed by atoms with Gasteiger partial charge in [0, 0.05) is 30.0 Å². The summed E-state index contributed by atoms with van der Waals surface area (Å²) in [5, 5.41) is 7.73. The maximum atomic E-state index is 11.6. The van der Waals surface area contributed by atoms with Crippen LogP contribution in [0.1, 0.15) is 0 Å². The Bertz CT molecular complexity index is 879. The summed E-state index contributed by atoms with van der Waals surface area (Å²) in [6.07, 6.45) is 5.11.